The van der Waals surface area contributed by atoms with E-state index in [0.717, 1.165) is 30.8 Å². The number of aliphatic hydroxyl groups excluding tert-OH is 1. The van der Waals surface area contributed by atoms with Crippen LogP contribution in [0.1, 0.15) is 36.1 Å². The van der Waals surface area contributed by atoms with Gasteiger partial charge in [-0.25, -0.2) is 4.39 Å². The standard InChI is InChI=1S/C18H20FNO2/c19-14-9-7-13(8-10-14)17(21)12-20-16-5-3-11-22-18-6-2-1-4-15(16)18/h1-2,4,6-10,16-17,20-21H,3,5,11-12H2. The lowest BCUT2D eigenvalue weighted by Crippen LogP contribution is -2.26. The molecule has 2 atom stereocenters. The topological polar surface area (TPSA) is 41.5 Å². The van der Waals surface area contributed by atoms with Gasteiger partial charge in [-0.2, -0.15) is 0 Å². The van der Waals surface area contributed by atoms with Crippen molar-refractivity contribution >= 4 is 0 Å². The summed E-state index contributed by atoms with van der Waals surface area (Å²) in [6.07, 6.45) is 1.28. The van der Waals surface area contributed by atoms with Crippen molar-refractivity contribution in [3.05, 3.63) is 65.5 Å². The summed E-state index contributed by atoms with van der Waals surface area (Å²) < 4.78 is 18.7. The number of para-hydroxylation sites is 1. The van der Waals surface area contributed by atoms with E-state index in [-0.39, 0.29) is 11.9 Å². The van der Waals surface area contributed by atoms with Crippen LogP contribution in [0, 0.1) is 5.82 Å². The summed E-state index contributed by atoms with van der Waals surface area (Å²) in [6, 6.07) is 14.1. The zero-order valence-electron chi connectivity index (χ0n) is 12.3. The van der Waals surface area contributed by atoms with Crippen LogP contribution in [0.2, 0.25) is 0 Å². The minimum Gasteiger partial charge on any atom is -0.493 e. The Hall–Kier alpha value is -1.91. The Morgan fingerprint density at radius 2 is 1.95 bits per heavy atom. The van der Waals surface area contributed by atoms with Crippen LogP contribution in [0.4, 0.5) is 4.39 Å². The molecule has 0 amide bonds. The van der Waals surface area contributed by atoms with E-state index >= 15 is 0 Å². The van der Waals surface area contributed by atoms with Crippen molar-refractivity contribution in [2.24, 2.45) is 0 Å². The molecule has 3 nitrogen and oxygen atoms in total. The van der Waals surface area contributed by atoms with Crippen LogP contribution < -0.4 is 10.1 Å². The molecule has 0 saturated heterocycles. The SMILES string of the molecule is OC(CNC1CCCOc2ccccc21)c1ccc(F)cc1. The fourth-order valence-corrected chi connectivity index (χ4v) is 2.79. The van der Waals surface area contributed by atoms with Crippen molar-refractivity contribution in [2.75, 3.05) is 13.2 Å². The molecule has 2 N–H and O–H groups in total. The van der Waals surface area contributed by atoms with Crippen LogP contribution in [0.3, 0.4) is 0 Å². The molecule has 0 spiro atoms. The lowest BCUT2D eigenvalue weighted by Gasteiger charge is -2.20. The van der Waals surface area contributed by atoms with Crippen LogP contribution >= 0.6 is 0 Å². The van der Waals surface area contributed by atoms with Gasteiger partial charge in [0.25, 0.3) is 0 Å². The quantitative estimate of drug-likeness (QED) is 0.910. The second kappa shape index (κ2) is 6.90. The van der Waals surface area contributed by atoms with Crippen LogP contribution in [0.15, 0.2) is 48.5 Å². The van der Waals surface area contributed by atoms with Gasteiger partial charge >= 0.3 is 0 Å². The molecule has 4 heteroatoms. The van der Waals surface area contributed by atoms with E-state index in [9.17, 15) is 9.50 Å². The van der Waals surface area contributed by atoms with Crippen LogP contribution in [-0.4, -0.2) is 18.3 Å². The van der Waals surface area contributed by atoms with Crippen LogP contribution in [-0.2, 0) is 0 Å². The maximum atomic E-state index is 12.9. The maximum Gasteiger partial charge on any atom is 0.124 e. The molecule has 2 aromatic rings. The number of fused-ring (bicyclic) bond motifs is 1. The first-order valence-corrected chi connectivity index (χ1v) is 7.62. The predicted octanol–water partition coefficient (Wildman–Crippen LogP) is 3.36. The fraction of sp³-hybridized carbons (Fsp3) is 0.333. The summed E-state index contributed by atoms with van der Waals surface area (Å²) in [6.45, 7) is 1.14. The van der Waals surface area contributed by atoms with E-state index in [0.29, 0.717) is 12.1 Å². The molecule has 0 bridgehead atoms. The van der Waals surface area contributed by atoms with Crippen molar-refractivity contribution in [1.29, 1.82) is 0 Å². The Labute approximate surface area is 129 Å². The second-order valence-electron chi connectivity index (χ2n) is 5.56. The first-order valence-electron chi connectivity index (χ1n) is 7.62. The molecule has 0 aliphatic carbocycles. The van der Waals surface area contributed by atoms with Gasteiger partial charge in [0.2, 0.25) is 0 Å². The van der Waals surface area contributed by atoms with Gasteiger partial charge in [-0.1, -0.05) is 30.3 Å². The summed E-state index contributed by atoms with van der Waals surface area (Å²) in [4.78, 5) is 0. The van der Waals surface area contributed by atoms with E-state index in [1.807, 2.05) is 18.2 Å². The molecule has 2 unspecified atom stereocenters. The van der Waals surface area contributed by atoms with Gasteiger partial charge < -0.3 is 15.2 Å². The molecule has 2 aromatic carbocycles. The maximum absolute atomic E-state index is 12.9. The van der Waals surface area contributed by atoms with E-state index in [2.05, 4.69) is 11.4 Å². The largest absolute Gasteiger partial charge is 0.493 e. The highest BCUT2D eigenvalue weighted by Gasteiger charge is 2.20. The number of halogens is 1. The highest BCUT2D eigenvalue weighted by Crippen LogP contribution is 2.31. The Morgan fingerprint density at radius 1 is 1.18 bits per heavy atom. The zero-order valence-corrected chi connectivity index (χ0v) is 12.3. The van der Waals surface area contributed by atoms with Gasteiger partial charge in [-0.3, -0.25) is 0 Å². The third-order valence-corrected chi connectivity index (χ3v) is 4.00. The second-order valence-corrected chi connectivity index (χ2v) is 5.56. The molecule has 1 aliphatic heterocycles. The lowest BCUT2D eigenvalue weighted by atomic mass is 10.0. The number of hydrogen-bond acceptors (Lipinski definition) is 3. The summed E-state index contributed by atoms with van der Waals surface area (Å²) in [5.74, 6) is 0.618. The summed E-state index contributed by atoms with van der Waals surface area (Å²) >= 11 is 0. The number of rotatable bonds is 4. The molecule has 0 fully saturated rings. The van der Waals surface area contributed by atoms with Gasteiger partial charge in [0.15, 0.2) is 0 Å². The molecular formula is C18H20FNO2. The number of aliphatic hydroxyl groups is 1. The predicted molar refractivity (Wildman–Crippen MR) is 83.3 cm³/mol. The van der Waals surface area contributed by atoms with E-state index < -0.39 is 6.10 Å². The summed E-state index contributed by atoms with van der Waals surface area (Å²) in [5, 5.41) is 13.7. The average Bonchev–Trinajstić information content (AvgIpc) is 2.75. The average molecular weight is 301 g/mol. The molecule has 1 aliphatic rings. The smallest absolute Gasteiger partial charge is 0.124 e. The minimum atomic E-state index is -0.656. The number of nitrogens with one attached hydrogen (secondary N) is 1. The zero-order chi connectivity index (χ0) is 15.4. The molecule has 22 heavy (non-hydrogen) atoms. The van der Waals surface area contributed by atoms with Crippen molar-refractivity contribution in [1.82, 2.24) is 5.32 Å². The molecule has 0 saturated carbocycles. The van der Waals surface area contributed by atoms with Crippen molar-refractivity contribution in [2.45, 2.75) is 25.0 Å². The first kappa shape index (κ1) is 15.0. The minimum absolute atomic E-state index is 0.161. The Balaban J connectivity index is 1.67. The Morgan fingerprint density at radius 3 is 2.77 bits per heavy atom. The summed E-state index contributed by atoms with van der Waals surface area (Å²) in [7, 11) is 0. The van der Waals surface area contributed by atoms with Gasteiger partial charge in [0.05, 0.1) is 12.7 Å². The number of benzene rings is 2. The molecular weight excluding hydrogens is 281 g/mol. The number of hydrogen-bond donors (Lipinski definition) is 2. The van der Waals surface area contributed by atoms with Gasteiger partial charge in [-0.05, 0) is 36.6 Å². The highest BCUT2D eigenvalue weighted by atomic mass is 19.1. The Kier molecular flexibility index (Phi) is 4.71. The molecule has 116 valence electrons. The van der Waals surface area contributed by atoms with Crippen molar-refractivity contribution in [3.8, 4) is 5.75 Å². The third kappa shape index (κ3) is 3.46. The van der Waals surface area contributed by atoms with Crippen LogP contribution in [0.5, 0.6) is 5.75 Å². The van der Waals surface area contributed by atoms with E-state index in [4.69, 9.17) is 4.74 Å². The molecule has 0 aromatic heterocycles. The summed E-state index contributed by atoms with van der Waals surface area (Å²) in [5.41, 5.74) is 1.85. The van der Waals surface area contributed by atoms with Gasteiger partial charge in [0.1, 0.15) is 11.6 Å². The molecule has 3 rings (SSSR count). The lowest BCUT2D eigenvalue weighted by molar-refractivity contribution is 0.169. The molecule has 0 radical (unpaired) electrons. The van der Waals surface area contributed by atoms with Crippen molar-refractivity contribution < 1.29 is 14.2 Å². The fourth-order valence-electron chi connectivity index (χ4n) is 2.79. The van der Waals surface area contributed by atoms with Crippen molar-refractivity contribution in [3.63, 3.8) is 0 Å². The normalized spacial score (nSPS) is 18.9. The Bertz CT molecular complexity index is 615. The number of ether oxygens (including phenoxy) is 1. The van der Waals surface area contributed by atoms with Gasteiger partial charge in [-0.15, -0.1) is 0 Å². The van der Waals surface area contributed by atoms with E-state index in [1.54, 1.807) is 12.1 Å². The van der Waals surface area contributed by atoms with Crippen LogP contribution in [0.25, 0.3) is 0 Å². The molecule has 1 heterocycles. The third-order valence-electron chi connectivity index (χ3n) is 4.00. The first-order chi connectivity index (χ1) is 10.7. The van der Waals surface area contributed by atoms with Gasteiger partial charge in [0, 0.05) is 18.2 Å². The monoisotopic (exact) mass is 301 g/mol. The highest BCUT2D eigenvalue weighted by molar-refractivity contribution is 5.36. The van der Waals surface area contributed by atoms with E-state index in [1.165, 1.54) is 12.1 Å².